The van der Waals surface area contributed by atoms with Gasteiger partial charge in [0.2, 0.25) is 5.91 Å². The zero-order valence-electron chi connectivity index (χ0n) is 12.8. The summed E-state index contributed by atoms with van der Waals surface area (Å²) in [4.78, 5) is 14.2. The van der Waals surface area contributed by atoms with Crippen LogP contribution in [0.1, 0.15) is 32.4 Å². The lowest BCUT2D eigenvalue weighted by atomic mass is 10.0. The summed E-state index contributed by atoms with van der Waals surface area (Å²) in [6.45, 7) is 6.66. The van der Waals surface area contributed by atoms with E-state index in [1.54, 1.807) is 17.0 Å². The first kappa shape index (κ1) is 15.9. The highest BCUT2D eigenvalue weighted by Gasteiger charge is 2.32. The number of carbonyl (C=O) groups excluding carboxylic acids is 1. The number of carbonyl (C=O) groups is 1. The van der Waals surface area contributed by atoms with Crippen LogP contribution in [0.5, 0.6) is 0 Å². The van der Waals surface area contributed by atoms with E-state index in [0.29, 0.717) is 13.1 Å². The Labute approximate surface area is 125 Å². The summed E-state index contributed by atoms with van der Waals surface area (Å²) in [5, 5.41) is 0. The van der Waals surface area contributed by atoms with E-state index in [1.807, 2.05) is 20.8 Å². The highest BCUT2D eigenvalue weighted by atomic mass is 19.1. The molecule has 1 amide bonds. The van der Waals surface area contributed by atoms with E-state index in [1.165, 1.54) is 12.1 Å². The van der Waals surface area contributed by atoms with Crippen molar-refractivity contribution < 1.29 is 13.9 Å². The number of hydrogen-bond acceptors (Lipinski definition) is 3. The fourth-order valence-corrected chi connectivity index (χ4v) is 2.51. The van der Waals surface area contributed by atoms with Gasteiger partial charge in [0.05, 0.1) is 18.6 Å². The molecule has 1 aromatic carbocycles. The van der Waals surface area contributed by atoms with Gasteiger partial charge < -0.3 is 15.4 Å². The van der Waals surface area contributed by atoms with Gasteiger partial charge >= 0.3 is 0 Å². The molecule has 0 radical (unpaired) electrons. The maximum atomic E-state index is 13.0. The minimum Gasteiger partial charge on any atom is -0.367 e. The van der Waals surface area contributed by atoms with Crippen molar-refractivity contribution in [1.29, 1.82) is 0 Å². The van der Waals surface area contributed by atoms with Gasteiger partial charge in [-0.2, -0.15) is 0 Å². The Morgan fingerprint density at radius 3 is 2.52 bits per heavy atom. The topological polar surface area (TPSA) is 55.6 Å². The third-order valence-corrected chi connectivity index (χ3v) is 3.99. The first-order chi connectivity index (χ1) is 9.88. The number of morpholine rings is 1. The van der Waals surface area contributed by atoms with Crippen molar-refractivity contribution in [3.05, 3.63) is 35.6 Å². The molecule has 1 fully saturated rings. The normalized spacial score (nSPS) is 25.5. The monoisotopic (exact) mass is 294 g/mol. The van der Waals surface area contributed by atoms with Crippen LogP contribution in [0.2, 0.25) is 0 Å². The summed E-state index contributed by atoms with van der Waals surface area (Å²) in [5.74, 6) is -0.447. The molecule has 4 atom stereocenters. The molecule has 1 saturated heterocycles. The smallest absolute Gasteiger partial charge is 0.227 e. The number of nitrogens with two attached hydrogens (primary N) is 1. The molecule has 2 N–H and O–H groups in total. The predicted octanol–water partition coefficient (Wildman–Crippen LogP) is 2.10. The molecule has 21 heavy (non-hydrogen) atoms. The Morgan fingerprint density at radius 1 is 1.33 bits per heavy atom. The zero-order chi connectivity index (χ0) is 15.6. The maximum Gasteiger partial charge on any atom is 0.227 e. The largest absolute Gasteiger partial charge is 0.367 e. The molecule has 0 bridgehead atoms. The number of nitrogens with zero attached hydrogens (tertiary/aromatic N) is 1. The molecule has 0 spiro atoms. The lowest BCUT2D eigenvalue weighted by Crippen LogP contribution is -2.50. The van der Waals surface area contributed by atoms with Crippen molar-refractivity contribution in [1.82, 2.24) is 4.90 Å². The van der Waals surface area contributed by atoms with Crippen LogP contribution in [-0.2, 0) is 9.53 Å². The Morgan fingerprint density at radius 2 is 1.95 bits per heavy atom. The van der Waals surface area contributed by atoms with E-state index in [2.05, 4.69) is 0 Å². The van der Waals surface area contributed by atoms with Crippen LogP contribution in [0.25, 0.3) is 0 Å². The van der Waals surface area contributed by atoms with Crippen molar-refractivity contribution in [2.75, 3.05) is 13.1 Å². The summed E-state index contributed by atoms with van der Waals surface area (Å²) in [7, 11) is 0. The van der Waals surface area contributed by atoms with Crippen molar-refractivity contribution in [2.45, 2.75) is 39.0 Å². The second-order valence-corrected chi connectivity index (χ2v) is 5.88. The van der Waals surface area contributed by atoms with Crippen LogP contribution in [0, 0.1) is 11.7 Å². The van der Waals surface area contributed by atoms with Gasteiger partial charge in [0.25, 0.3) is 0 Å². The quantitative estimate of drug-likeness (QED) is 0.929. The average Bonchev–Trinajstić information content (AvgIpc) is 2.45. The molecule has 2 rings (SSSR count). The fourth-order valence-electron chi connectivity index (χ4n) is 2.51. The highest BCUT2D eigenvalue weighted by Crippen LogP contribution is 2.26. The summed E-state index contributed by atoms with van der Waals surface area (Å²) < 4.78 is 18.9. The van der Waals surface area contributed by atoms with E-state index in [0.717, 1.165) is 5.56 Å². The third kappa shape index (κ3) is 3.80. The lowest BCUT2D eigenvalue weighted by molar-refractivity contribution is -0.149. The number of rotatable bonds is 3. The van der Waals surface area contributed by atoms with Gasteiger partial charge in [0, 0.05) is 12.6 Å². The van der Waals surface area contributed by atoms with E-state index in [9.17, 15) is 9.18 Å². The van der Waals surface area contributed by atoms with Gasteiger partial charge in [-0.3, -0.25) is 4.79 Å². The van der Waals surface area contributed by atoms with E-state index >= 15 is 0 Å². The van der Waals surface area contributed by atoms with Crippen LogP contribution in [0.4, 0.5) is 4.39 Å². The molecule has 5 heteroatoms. The molecular weight excluding hydrogens is 271 g/mol. The first-order valence-corrected chi connectivity index (χ1v) is 7.33. The lowest BCUT2D eigenvalue weighted by Gasteiger charge is -2.38. The van der Waals surface area contributed by atoms with E-state index < -0.39 is 0 Å². The molecule has 1 heterocycles. The summed E-state index contributed by atoms with van der Waals surface area (Å²) in [5.41, 5.74) is 6.70. The standard InChI is InChI=1S/C16H23FN2O2/c1-10-8-19(16(20)11(2)12(3)18)9-15(21-10)13-4-6-14(17)7-5-13/h4-7,10-12,15H,8-9,18H2,1-3H3. The molecule has 116 valence electrons. The molecule has 4 nitrogen and oxygen atoms in total. The van der Waals surface area contributed by atoms with Crippen LogP contribution in [-0.4, -0.2) is 36.0 Å². The molecule has 1 aliphatic rings. The number of ether oxygens (including phenoxy) is 1. The number of hydrogen-bond donors (Lipinski definition) is 1. The molecule has 1 aliphatic heterocycles. The van der Waals surface area contributed by atoms with Crippen LogP contribution < -0.4 is 5.73 Å². The Kier molecular flexibility index (Phi) is 4.96. The zero-order valence-corrected chi connectivity index (χ0v) is 12.8. The Hall–Kier alpha value is -1.46. The average molecular weight is 294 g/mol. The van der Waals surface area contributed by atoms with Gasteiger partial charge in [-0.05, 0) is 31.5 Å². The first-order valence-electron chi connectivity index (χ1n) is 7.33. The van der Waals surface area contributed by atoms with E-state index in [-0.39, 0.29) is 35.9 Å². The highest BCUT2D eigenvalue weighted by molar-refractivity contribution is 5.79. The minimum absolute atomic E-state index is 0.0484. The summed E-state index contributed by atoms with van der Waals surface area (Å²) >= 11 is 0. The van der Waals surface area contributed by atoms with Gasteiger partial charge in [-0.25, -0.2) is 4.39 Å². The van der Waals surface area contributed by atoms with Crippen LogP contribution in [0.3, 0.4) is 0 Å². The van der Waals surface area contributed by atoms with Crippen molar-refractivity contribution in [3.63, 3.8) is 0 Å². The Balaban J connectivity index is 2.12. The number of amides is 1. The molecule has 1 aromatic rings. The SMILES string of the molecule is CC1CN(C(=O)C(C)C(C)N)CC(c2ccc(F)cc2)O1. The van der Waals surface area contributed by atoms with Crippen molar-refractivity contribution in [3.8, 4) is 0 Å². The van der Waals surface area contributed by atoms with Gasteiger partial charge in [0.1, 0.15) is 11.9 Å². The minimum atomic E-state index is -0.277. The Bertz CT molecular complexity index is 490. The second-order valence-electron chi connectivity index (χ2n) is 5.88. The van der Waals surface area contributed by atoms with Crippen LogP contribution >= 0.6 is 0 Å². The molecule has 4 unspecified atom stereocenters. The number of benzene rings is 1. The summed E-state index contributed by atoms with van der Waals surface area (Å²) in [6.07, 6.45) is -0.281. The summed E-state index contributed by atoms with van der Waals surface area (Å²) in [6, 6.07) is 6.05. The van der Waals surface area contributed by atoms with Crippen molar-refractivity contribution in [2.24, 2.45) is 11.7 Å². The van der Waals surface area contributed by atoms with Crippen molar-refractivity contribution >= 4 is 5.91 Å². The van der Waals surface area contributed by atoms with E-state index in [4.69, 9.17) is 10.5 Å². The third-order valence-electron chi connectivity index (χ3n) is 3.99. The number of halogens is 1. The molecule has 0 saturated carbocycles. The van der Waals surface area contributed by atoms with Gasteiger partial charge in [0.15, 0.2) is 0 Å². The molecule has 0 aromatic heterocycles. The fraction of sp³-hybridized carbons (Fsp3) is 0.562. The predicted molar refractivity (Wildman–Crippen MR) is 79.1 cm³/mol. The molecule has 0 aliphatic carbocycles. The maximum absolute atomic E-state index is 13.0. The van der Waals surface area contributed by atoms with Gasteiger partial charge in [-0.1, -0.05) is 19.1 Å². The molecular formula is C16H23FN2O2. The van der Waals surface area contributed by atoms with Gasteiger partial charge in [-0.15, -0.1) is 0 Å². The van der Waals surface area contributed by atoms with Crippen LogP contribution in [0.15, 0.2) is 24.3 Å². The second kappa shape index (κ2) is 6.54.